The molecule has 1 aromatic heterocycles. The summed E-state index contributed by atoms with van der Waals surface area (Å²) in [6.07, 6.45) is 8.42. The van der Waals surface area contributed by atoms with Gasteiger partial charge >= 0.3 is 0 Å². The van der Waals surface area contributed by atoms with E-state index in [2.05, 4.69) is 39.1 Å². The Labute approximate surface area is 124 Å². The Kier molecular flexibility index (Phi) is 5.64. The van der Waals surface area contributed by atoms with Crippen LogP contribution in [0.5, 0.6) is 0 Å². The van der Waals surface area contributed by atoms with Crippen LogP contribution >= 0.6 is 15.9 Å². The third kappa shape index (κ3) is 3.69. The van der Waals surface area contributed by atoms with Crippen LogP contribution in [0.25, 0.3) is 0 Å². The first-order valence-electron chi connectivity index (χ1n) is 7.32. The Morgan fingerprint density at radius 3 is 3.00 bits per heavy atom. The molecule has 4 heteroatoms. The number of hydrogen-bond acceptors (Lipinski definition) is 3. The van der Waals surface area contributed by atoms with E-state index >= 15 is 0 Å². The Morgan fingerprint density at radius 2 is 2.26 bits per heavy atom. The minimum atomic E-state index is 0.645. The zero-order chi connectivity index (χ0) is 13.7. The van der Waals surface area contributed by atoms with Crippen LogP contribution in [0.2, 0.25) is 0 Å². The first-order valence-corrected chi connectivity index (χ1v) is 8.11. The van der Waals surface area contributed by atoms with Crippen molar-refractivity contribution in [1.29, 1.82) is 0 Å². The monoisotopic (exact) mass is 325 g/mol. The summed E-state index contributed by atoms with van der Waals surface area (Å²) in [6.45, 7) is 4.30. The average Bonchev–Trinajstić information content (AvgIpc) is 2.64. The van der Waals surface area contributed by atoms with Gasteiger partial charge in [-0.15, -0.1) is 0 Å². The summed E-state index contributed by atoms with van der Waals surface area (Å²) < 4.78 is 1.06. The number of aromatic nitrogens is 1. The highest BCUT2D eigenvalue weighted by atomic mass is 79.9. The molecule has 1 fully saturated rings. The fourth-order valence-electron chi connectivity index (χ4n) is 2.93. The van der Waals surface area contributed by atoms with E-state index in [-0.39, 0.29) is 0 Å². The van der Waals surface area contributed by atoms with Crippen LogP contribution in [0, 0.1) is 0 Å². The maximum Gasteiger partial charge on any atom is 0.133 e. The van der Waals surface area contributed by atoms with Crippen LogP contribution in [0.1, 0.15) is 44.6 Å². The van der Waals surface area contributed by atoms with Crippen LogP contribution in [0.15, 0.2) is 16.7 Å². The molecule has 1 N–H and O–H groups in total. The fourth-order valence-corrected chi connectivity index (χ4v) is 3.31. The Balaban J connectivity index is 2.31. The molecule has 0 radical (unpaired) electrons. The van der Waals surface area contributed by atoms with E-state index in [4.69, 9.17) is 4.98 Å². The van der Waals surface area contributed by atoms with Crippen LogP contribution in [-0.2, 0) is 6.54 Å². The zero-order valence-electron chi connectivity index (χ0n) is 12.0. The first kappa shape index (κ1) is 14.8. The van der Waals surface area contributed by atoms with Crippen molar-refractivity contribution in [3.05, 3.63) is 22.3 Å². The van der Waals surface area contributed by atoms with Crippen LogP contribution in [0.4, 0.5) is 5.82 Å². The van der Waals surface area contributed by atoms with E-state index in [1.54, 1.807) is 0 Å². The standard InChI is InChI=1S/C15H24BrN3/c1-3-14-7-5-4-6-8-19(14)15-12(10-17-2)9-13(16)11-18-15/h9,11,14,17H,3-8,10H2,1-2H3. The molecule has 1 atom stereocenters. The second-order valence-corrected chi connectivity index (χ2v) is 6.19. The van der Waals surface area contributed by atoms with Gasteiger partial charge in [-0.3, -0.25) is 0 Å². The maximum atomic E-state index is 4.70. The molecule has 0 spiro atoms. The third-order valence-electron chi connectivity index (χ3n) is 3.90. The zero-order valence-corrected chi connectivity index (χ0v) is 13.5. The van der Waals surface area contributed by atoms with Gasteiger partial charge in [0.1, 0.15) is 5.82 Å². The van der Waals surface area contributed by atoms with E-state index in [0.29, 0.717) is 6.04 Å². The number of halogens is 1. The van der Waals surface area contributed by atoms with Crippen LogP contribution in [0.3, 0.4) is 0 Å². The smallest absolute Gasteiger partial charge is 0.133 e. The van der Waals surface area contributed by atoms with Gasteiger partial charge in [0.15, 0.2) is 0 Å². The molecule has 106 valence electrons. The van der Waals surface area contributed by atoms with Crippen molar-refractivity contribution in [2.24, 2.45) is 0 Å². The molecule has 2 heterocycles. The molecule has 0 aromatic carbocycles. The molecule has 0 saturated carbocycles. The lowest BCUT2D eigenvalue weighted by molar-refractivity contribution is 0.550. The molecular formula is C15H24BrN3. The molecule has 0 amide bonds. The van der Waals surface area contributed by atoms with Crippen molar-refractivity contribution in [3.63, 3.8) is 0 Å². The Hall–Kier alpha value is -0.610. The second-order valence-electron chi connectivity index (χ2n) is 5.27. The maximum absolute atomic E-state index is 4.70. The minimum Gasteiger partial charge on any atom is -0.353 e. The highest BCUT2D eigenvalue weighted by Crippen LogP contribution is 2.28. The lowest BCUT2D eigenvalue weighted by atomic mass is 10.1. The molecule has 1 saturated heterocycles. The van der Waals surface area contributed by atoms with Gasteiger partial charge < -0.3 is 10.2 Å². The predicted octanol–water partition coefficient (Wildman–Crippen LogP) is 3.72. The van der Waals surface area contributed by atoms with Gasteiger partial charge in [0, 0.05) is 35.4 Å². The highest BCUT2D eigenvalue weighted by molar-refractivity contribution is 9.10. The number of nitrogens with zero attached hydrogens (tertiary/aromatic N) is 2. The predicted molar refractivity (Wildman–Crippen MR) is 84.6 cm³/mol. The lowest BCUT2D eigenvalue weighted by Crippen LogP contribution is -2.36. The Morgan fingerprint density at radius 1 is 1.42 bits per heavy atom. The van der Waals surface area contributed by atoms with Gasteiger partial charge in [0.05, 0.1) is 0 Å². The molecule has 0 bridgehead atoms. The largest absolute Gasteiger partial charge is 0.353 e. The van der Waals surface area contributed by atoms with E-state index in [0.717, 1.165) is 17.6 Å². The van der Waals surface area contributed by atoms with Crippen molar-refractivity contribution < 1.29 is 0 Å². The van der Waals surface area contributed by atoms with Gasteiger partial charge in [0.2, 0.25) is 0 Å². The van der Waals surface area contributed by atoms with E-state index in [9.17, 15) is 0 Å². The van der Waals surface area contributed by atoms with Gasteiger partial charge in [-0.2, -0.15) is 0 Å². The molecule has 2 rings (SSSR count). The van der Waals surface area contributed by atoms with Crippen molar-refractivity contribution >= 4 is 21.7 Å². The number of anilines is 1. The molecule has 0 aliphatic carbocycles. The minimum absolute atomic E-state index is 0.645. The van der Waals surface area contributed by atoms with Crippen molar-refractivity contribution in [2.75, 3.05) is 18.5 Å². The summed E-state index contributed by atoms with van der Waals surface area (Å²) in [6, 6.07) is 2.84. The van der Waals surface area contributed by atoms with Gasteiger partial charge in [0.25, 0.3) is 0 Å². The summed E-state index contributed by atoms with van der Waals surface area (Å²) in [5, 5.41) is 3.25. The summed E-state index contributed by atoms with van der Waals surface area (Å²) in [5.41, 5.74) is 1.29. The molecule has 1 aliphatic heterocycles. The first-order chi connectivity index (χ1) is 9.26. The highest BCUT2D eigenvalue weighted by Gasteiger charge is 2.22. The fraction of sp³-hybridized carbons (Fsp3) is 0.667. The average molecular weight is 326 g/mol. The number of nitrogens with one attached hydrogen (secondary N) is 1. The summed E-state index contributed by atoms with van der Waals surface area (Å²) in [7, 11) is 1.99. The molecule has 1 aliphatic rings. The van der Waals surface area contributed by atoms with E-state index in [1.807, 2.05) is 13.2 Å². The van der Waals surface area contributed by atoms with Crippen LogP contribution in [-0.4, -0.2) is 24.6 Å². The van der Waals surface area contributed by atoms with Crippen molar-refractivity contribution in [1.82, 2.24) is 10.3 Å². The second kappa shape index (κ2) is 7.25. The van der Waals surface area contributed by atoms with Gasteiger partial charge in [-0.05, 0) is 48.3 Å². The summed E-state index contributed by atoms with van der Waals surface area (Å²) >= 11 is 3.53. The van der Waals surface area contributed by atoms with Crippen molar-refractivity contribution in [2.45, 2.75) is 51.6 Å². The number of pyridine rings is 1. The number of hydrogen-bond donors (Lipinski definition) is 1. The summed E-state index contributed by atoms with van der Waals surface area (Å²) in [4.78, 5) is 7.23. The van der Waals surface area contributed by atoms with E-state index in [1.165, 1.54) is 43.5 Å². The third-order valence-corrected chi connectivity index (χ3v) is 4.33. The van der Waals surface area contributed by atoms with Crippen molar-refractivity contribution in [3.8, 4) is 0 Å². The molecule has 1 unspecified atom stereocenters. The lowest BCUT2D eigenvalue weighted by Gasteiger charge is -2.32. The van der Waals surface area contributed by atoms with E-state index < -0.39 is 0 Å². The number of rotatable bonds is 4. The molecule has 19 heavy (non-hydrogen) atoms. The Bertz CT molecular complexity index is 408. The normalized spacial score (nSPS) is 20.4. The van der Waals surface area contributed by atoms with Gasteiger partial charge in [-0.1, -0.05) is 19.8 Å². The topological polar surface area (TPSA) is 28.2 Å². The quantitative estimate of drug-likeness (QED) is 0.914. The SMILES string of the molecule is CCC1CCCCCN1c1ncc(Br)cc1CNC. The molecule has 1 aromatic rings. The van der Waals surface area contributed by atoms with Crippen LogP contribution < -0.4 is 10.2 Å². The summed E-state index contributed by atoms with van der Waals surface area (Å²) in [5.74, 6) is 1.17. The van der Waals surface area contributed by atoms with Gasteiger partial charge in [-0.25, -0.2) is 4.98 Å². The molecular weight excluding hydrogens is 302 g/mol. The molecule has 3 nitrogen and oxygen atoms in total.